The summed E-state index contributed by atoms with van der Waals surface area (Å²) < 4.78 is 0. The number of hydrogen-bond donors (Lipinski definition) is 2. The lowest BCUT2D eigenvalue weighted by molar-refractivity contribution is 0.414. The number of rotatable bonds is 3. The maximum Gasteiger partial charge on any atom is 0.0373 e. The van der Waals surface area contributed by atoms with Crippen LogP contribution in [0.4, 0.5) is 5.69 Å². The maximum absolute atomic E-state index is 3.59. The lowest BCUT2D eigenvalue weighted by Gasteiger charge is -2.24. The second kappa shape index (κ2) is 5.54. The van der Waals surface area contributed by atoms with Crippen molar-refractivity contribution >= 4 is 5.69 Å². The van der Waals surface area contributed by atoms with Gasteiger partial charge in [-0.15, -0.1) is 0 Å². The SMILES string of the molecule is Cc1cc(C)c(NCC2CCCCN2)cc1C. The third-order valence-electron chi connectivity index (χ3n) is 3.79. The zero-order valence-corrected chi connectivity index (χ0v) is 11.3. The lowest BCUT2D eigenvalue weighted by Crippen LogP contribution is -2.39. The Kier molecular flexibility index (Phi) is 4.06. The third-order valence-corrected chi connectivity index (χ3v) is 3.79. The zero-order valence-electron chi connectivity index (χ0n) is 11.3. The second-order valence-electron chi connectivity index (χ2n) is 5.28. The van der Waals surface area contributed by atoms with Gasteiger partial charge in [0.05, 0.1) is 0 Å². The molecule has 2 N–H and O–H groups in total. The molecule has 1 fully saturated rings. The van der Waals surface area contributed by atoms with Gasteiger partial charge in [0.25, 0.3) is 0 Å². The van der Waals surface area contributed by atoms with Gasteiger partial charge in [0, 0.05) is 18.3 Å². The zero-order chi connectivity index (χ0) is 12.3. The topological polar surface area (TPSA) is 24.1 Å². The molecule has 0 saturated carbocycles. The molecule has 1 heterocycles. The first-order chi connectivity index (χ1) is 8.16. The predicted molar refractivity (Wildman–Crippen MR) is 74.8 cm³/mol. The summed E-state index contributed by atoms with van der Waals surface area (Å²) in [5.74, 6) is 0. The molecule has 1 unspecified atom stereocenters. The molecule has 0 bridgehead atoms. The van der Waals surface area contributed by atoms with Crippen LogP contribution in [0.1, 0.15) is 36.0 Å². The van der Waals surface area contributed by atoms with Gasteiger partial charge in [-0.2, -0.15) is 0 Å². The Hall–Kier alpha value is -1.02. The number of hydrogen-bond acceptors (Lipinski definition) is 2. The molecule has 1 atom stereocenters. The predicted octanol–water partition coefficient (Wildman–Crippen LogP) is 3.17. The fourth-order valence-electron chi connectivity index (χ4n) is 2.48. The first-order valence-electron chi connectivity index (χ1n) is 6.72. The number of nitrogens with one attached hydrogen (secondary N) is 2. The van der Waals surface area contributed by atoms with E-state index in [1.165, 1.54) is 48.2 Å². The number of aryl methyl sites for hydroxylation is 3. The molecule has 0 radical (unpaired) electrons. The van der Waals surface area contributed by atoms with Gasteiger partial charge in [0.1, 0.15) is 0 Å². The monoisotopic (exact) mass is 232 g/mol. The summed E-state index contributed by atoms with van der Waals surface area (Å²) in [6.45, 7) is 8.76. The van der Waals surface area contributed by atoms with Crippen molar-refractivity contribution < 1.29 is 0 Å². The molecule has 1 aliphatic rings. The fourth-order valence-corrected chi connectivity index (χ4v) is 2.48. The molecule has 0 spiro atoms. The Balaban J connectivity index is 1.96. The highest BCUT2D eigenvalue weighted by atomic mass is 15.0. The summed E-state index contributed by atoms with van der Waals surface area (Å²) in [7, 11) is 0. The highest BCUT2D eigenvalue weighted by Gasteiger charge is 2.12. The van der Waals surface area contributed by atoms with Gasteiger partial charge < -0.3 is 10.6 Å². The average molecular weight is 232 g/mol. The van der Waals surface area contributed by atoms with E-state index in [4.69, 9.17) is 0 Å². The van der Waals surface area contributed by atoms with Gasteiger partial charge >= 0.3 is 0 Å². The molecule has 2 heteroatoms. The van der Waals surface area contributed by atoms with Gasteiger partial charge in [0.15, 0.2) is 0 Å². The minimum Gasteiger partial charge on any atom is -0.383 e. The Bertz CT molecular complexity index is 379. The van der Waals surface area contributed by atoms with E-state index in [2.05, 4.69) is 43.5 Å². The van der Waals surface area contributed by atoms with Crippen molar-refractivity contribution in [3.8, 4) is 0 Å². The van der Waals surface area contributed by atoms with Crippen LogP contribution < -0.4 is 10.6 Å². The van der Waals surface area contributed by atoms with Crippen molar-refractivity contribution in [1.29, 1.82) is 0 Å². The van der Waals surface area contributed by atoms with E-state index < -0.39 is 0 Å². The molecule has 1 aromatic carbocycles. The van der Waals surface area contributed by atoms with Crippen molar-refractivity contribution in [1.82, 2.24) is 5.32 Å². The number of benzene rings is 1. The largest absolute Gasteiger partial charge is 0.383 e. The van der Waals surface area contributed by atoms with Gasteiger partial charge in [-0.3, -0.25) is 0 Å². The molecule has 1 aromatic rings. The van der Waals surface area contributed by atoms with Crippen LogP contribution in [0, 0.1) is 20.8 Å². The Morgan fingerprint density at radius 1 is 1.12 bits per heavy atom. The molecule has 0 aromatic heterocycles. The van der Waals surface area contributed by atoms with Gasteiger partial charge in [-0.25, -0.2) is 0 Å². The van der Waals surface area contributed by atoms with Crippen molar-refractivity contribution in [3.05, 3.63) is 28.8 Å². The molecule has 0 aliphatic carbocycles. The van der Waals surface area contributed by atoms with Crippen LogP contribution in [-0.4, -0.2) is 19.1 Å². The third kappa shape index (κ3) is 3.22. The number of anilines is 1. The van der Waals surface area contributed by atoms with Crippen LogP contribution >= 0.6 is 0 Å². The quantitative estimate of drug-likeness (QED) is 0.836. The first kappa shape index (κ1) is 12.4. The highest BCUT2D eigenvalue weighted by molar-refractivity contribution is 5.54. The Morgan fingerprint density at radius 3 is 2.59 bits per heavy atom. The molecule has 1 aliphatic heterocycles. The van der Waals surface area contributed by atoms with Crippen molar-refractivity contribution in [2.45, 2.75) is 46.1 Å². The minimum absolute atomic E-state index is 0.643. The van der Waals surface area contributed by atoms with Crippen LogP contribution in [0.15, 0.2) is 12.1 Å². The van der Waals surface area contributed by atoms with Crippen LogP contribution in [0.3, 0.4) is 0 Å². The maximum atomic E-state index is 3.59. The summed E-state index contributed by atoms with van der Waals surface area (Å²) >= 11 is 0. The highest BCUT2D eigenvalue weighted by Crippen LogP contribution is 2.20. The normalized spacial score (nSPS) is 20.3. The van der Waals surface area contributed by atoms with Crippen LogP contribution in [-0.2, 0) is 0 Å². The smallest absolute Gasteiger partial charge is 0.0373 e. The van der Waals surface area contributed by atoms with E-state index >= 15 is 0 Å². The van der Waals surface area contributed by atoms with E-state index in [0.717, 1.165) is 6.54 Å². The molecule has 94 valence electrons. The Labute approximate surface area is 105 Å². The van der Waals surface area contributed by atoms with Crippen LogP contribution in [0.5, 0.6) is 0 Å². The number of piperidine rings is 1. The summed E-state index contributed by atoms with van der Waals surface area (Å²) in [4.78, 5) is 0. The summed E-state index contributed by atoms with van der Waals surface area (Å²) in [6, 6.07) is 5.18. The standard InChI is InChI=1S/C15H24N2/c1-11-8-13(3)15(9-12(11)2)17-10-14-6-4-5-7-16-14/h8-9,14,16-17H,4-7,10H2,1-3H3. The van der Waals surface area contributed by atoms with E-state index in [-0.39, 0.29) is 0 Å². The van der Waals surface area contributed by atoms with E-state index in [9.17, 15) is 0 Å². The lowest BCUT2D eigenvalue weighted by atomic mass is 10.0. The van der Waals surface area contributed by atoms with Gasteiger partial charge in [-0.05, 0) is 62.9 Å². The van der Waals surface area contributed by atoms with Crippen molar-refractivity contribution in [2.24, 2.45) is 0 Å². The molecular formula is C15H24N2. The van der Waals surface area contributed by atoms with Crippen LogP contribution in [0.25, 0.3) is 0 Å². The van der Waals surface area contributed by atoms with Crippen molar-refractivity contribution in [2.75, 3.05) is 18.4 Å². The average Bonchev–Trinajstić information content (AvgIpc) is 2.33. The summed E-state index contributed by atoms with van der Waals surface area (Å²) in [5.41, 5.74) is 5.39. The molecule has 2 nitrogen and oxygen atoms in total. The second-order valence-corrected chi connectivity index (χ2v) is 5.28. The van der Waals surface area contributed by atoms with Crippen molar-refractivity contribution in [3.63, 3.8) is 0 Å². The van der Waals surface area contributed by atoms with Crippen LogP contribution in [0.2, 0.25) is 0 Å². The van der Waals surface area contributed by atoms with E-state index in [0.29, 0.717) is 6.04 Å². The Morgan fingerprint density at radius 2 is 1.88 bits per heavy atom. The van der Waals surface area contributed by atoms with E-state index in [1.807, 2.05) is 0 Å². The molecule has 0 amide bonds. The first-order valence-corrected chi connectivity index (χ1v) is 6.72. The molecule has 2 rings (SSSR count). The fraction of sp³-hybridized carbons (Fsp3) is 0.600. The van der Waals surface area contributed by atoms with Gasteiger partial charge in [0.2, 0.25) is 0 Å². The van der Waals surface area contributed by atoms with Gasteiger partial charge in [-0.1, -0.05) is 12.5 Å². The summed E-state index contributed by atoms with van der Waals surface area (Å²) in [5, 5.41) is 7.16. The molecule has 1 saturated heterocycles. The molecule has 17 heavy (non-hydrogen) atoms. The van der Waals surface area contributed by atoms with E-state index in [1.54, 1.807) is 0 Å². The summed E-state index contributed by atoms with van der Waals surface area (Å²) in [6.07, 6.45) is 4.00. The minimum atomic E-state index is 0.643. The molecular weight excluding hydrogens is 208 g/mol.